The van der Waals surface area contributed by atoms with Gasteiger partial charge in [-0.2, -0.15) is 0 Å². The molecule has 100 valence electrons. The molecule has 0 aromatic heterocycles. The van der Waals surface area contributed by atoms with Gasteiger partial charge in [0.1, 0.15) is 6.54 Å². The van der Waals surface area contributed by atoms with Crippen molar-refractivity contribution in [3.8, 4) is 0 Å². The zero-order valence-electron chi connectivity index (χ0n) is 11.1. The van der Waals surface area contributed by atoms with Gasteiger partial charge in [0.15, 0.2) is 0 Å². The van der Waals surface area contributed by atoms with E-state index in [2.05, 4.69) is 0 Å². The van der Waals surface area contributed by atoms with Crippen LogP contribution < -0.4 is 9.80 Å². The quantitative estimate of drug-likeness (QED) is 0.784. The minimum atomic E-state index is -0.296. The molecule has 3 amide bonds. The highest BCUT2D eigenvalue weighted by atomic mass is 16.2. The minimum absolute atomic E-state index is 0.0805. The smallest absolute Gasteiger partial charge is 0.284 e. The van der Waals surface area contributed by atoms with E-state index >= 15 is 0 Å². The SMILES string of the molecule is Cc1ccccc1N1C(=O)CN(c2ccccc2)C1=O. The molecular weight excluding hydrogens is 252 g/mol. The van der Waals surface area contributed by atoms with Gasteiger partial charge < -0.3 is 0 Å². The van der Waals surface area contributed by atoms with Crippen LogP contribution in [0.4, 0.5) is 16.2 Å². The van der Waals surface area contributed by atoms with Crippen LogP contribution >= 0.6 is 0 Å². The summed E-state index contributed by atoms with van der Waals surface area (Å²) in [5.41, 5.74) is 2.30. The van der Waals surface area contributed by atoms with Crippen molar-refractivity contribution < 1.29 is 9.59 Å². The van der Waals surface area contributed by atoms with E-state index in [1.807, 2.05) is 55.5 Å². The molecule has 0 atom stereocenters. The standard InChI is InChI=1S/C16H14N2O2/c1-12-7-5-6-10-14(12)18-15(19)11-17(16(18)20)13-8-3-2-4-9-13/h2-10H,11H2,1H3. The molecule has 2 aromatic rings. The Balaban J connectivity index is 1.98. The monoisotopic (exact) mass is 266 g/mol. The summed E-state index contributed by atoms with van der Waals surface area (Å²) in [6.07, 6.45) is 0. The number of benzene rings is 2. The third kappa shape index (κ3) is 1.95. The molecule has 3 rings (SSSR count). The predicted octanol–water partition coefficient (Wildman–Crippen LogP) is 2.97. The summed E-state index contributed by atoms with van der Waals surface area (Å²) in [7, 11) is 0. The number of aryl methyl sites for hydroxylation is 1. The van der Waals surface area contributed by atoms with E-state index in [-0.39, 0.29) is 18.5 Å². The lowest BCUT2D eigenvalue weighted by molar-refractivity contribution is -0.115. The molecule has 4 heteroatoms. The number of imide groups is 1. The first-order valence-electron chi connectivity index (χ1n) is 6.43. The van der Waals surface area contributed by atoms with Crippen molar-refractivity contribution >= 4 is 23.3 Å². The molecule has 0 saturated carbocycles. The van der Waals surface area contributed by atoms with Crippen LogP contribution in [0.1, 0.15) is 5.56 Å². The highest BCUT2D eigenvalue weighted by Gasteiger charge is 2.38. The first-order valence-corrected chi connectivity index (χ1v) is 6.43. The fraction of sp³-hybridized carbons (Fsp3) is 0.125. The minimum Gasteiger partial charge on any atom is -0.284 e. The molecule has 1 aliphatic rings. The van der Waals surface area contributed by atoms with Crippen molar-refractivity contribution in [3.05, 3.63) is 60.2 Å². The van der Waals surface area contributed by atoms with Gasteiger partial charge in [-0.05, 0) is 30.7 Å². The molecule has 4 nitrogen and oxygen atoms in total. The Bertz CT molecular complexity index is 667. The number of rotatable bonds is 2. The summed E-state index contributed by atoms with van der Waals surface area (Å²) >= 11 is 0. The van der Waals surface area contributed by atoms with Crippen LogP contribution in [-0.4, -0.2) is 18.5 Å². The van der Waals surface area contributed by atoms with Gasteiger partial charge in [0.05, 0.1) is 5.69 Å². The van der Waals surface area contributed by atoms with Crippen LogP contribution in [0.15, 0.2) is 54.6 Å². The van der Waals surface area contributed by atoms with Crippen LogP contribution in [-0.2, 0) is 4.79 Å². The van der Waals surface area contributed by atoms with Crippen LogP contribution in [0.2, 0.25) is 0 Å². The van der Waals surface area contributed by atoms with Crippen LogP contribution in [0.25, 0.3) is 0 Å². The first-order chi connectivity index (χ1) is 9.68. The van der Waals surface area contributed by atoms with Gasteiger partial charge in [-0.25, -0.2) is 9.69 Å². The van der Waals surface area contributed by atoms with Gasteiger partial charge in [-0.15, -0.1) is 0 Å². The lowest BCUT2D eigenvalue weighted by Crippen LogP contribution is -2.33. The van der Waals surface area contributed by atoms with Crippen LogP contribution in [0.3, 0.4) is 0 Å². The molecule has 1 aliphatic heterocycles. The topological polar surface area (TPSA) is 40.6 Å². The Kier molecular flexibility index (Phi) is 2.99. The second-order valence-electron chi connectivity index (χ2n) is 4.72. The average Bonchev–Trinajstić information content (AvgIpc) is 2.76. The third-order valence-corrected chi connectivity index (χ3v) is 3.39. The zero-order chi connectivity index (χ0) is 14.1. The largest absolute Gasteiger partial charge is 0.336 e. The highest BCUT2D eigenvalue weighted by Crippen LogP contribution is 2.27. The average molecular weight is 266 g/mol. The van der Waals surface area contributed by atoms with E-state index in [9.17, 15) is 9.59 Å². The molecule has 0 N–H and O–H groups in total. The maximum absolute atomic E-state index is 12.5. The third-order valence-electron chi connectivity index (χ3n) is 3.39. The van der Waals surface area contributed by atoms with Gasteiger partial charge in [0.2, 0.25) is 0 Å². The maximum Gasteiger partial charge on any atom is 0.336 e. The van der Waals surface area contributed by atoms with Gasteiger partial charge in [-0.1, -0.05) is 36.4 Å². The molecule has 0 bridgehead atoms. The van der Waals surface area contributed by atoms with Crippen molar-refractivity contribution in [3.63, 3.8) is 0 Å². The van der Waals surface area contributed by atoms with Crippen LogP contribution in [0, 0.1) is 6.92 Å². The number of para-hydroxylation sites is 2. The molecule has 2 aromatic carbocycles. The summed E-state index contributed by atoms with van der Waals surface area (Å²) in [5, 5.41) is 0. The molecule has 1 fully saturated rings. The van der Waals surface area contributed by atoms with E-state index < -0.39 is 0 Å². The van der Waals surface area contributed by atoms with E-state index in [4.69, 9.17) is 0 Å². The number of carbonyl (C=O) groups is 2. The summed E-state index contributed by atoms with van der Waals surface area (Å²) in [5.74, 6) is -0.201. The Hall–Kier alpha value is -2.62. The molecule has 20 heavy (non-hydrogen) atoms. The van der Waals surface area contributed by atoms with E-state index in [0.717, 1.165) is 11.3 Å². The molecule has 1 saturated heterocycles. The van der Waals surface area contributed by atoms with Crippen LogP contribution in [0.5, 0.6) is 0 Å². The van der Waals surface area contributed by atoms with Gasteiger partial charge >= 0.3 is 6.03 Å². The molecule has 0 aliphatic carbocycles. The Morgan fingerprint density at radius 3 is 2.25 bits per heavy atom. The number of anilines is 2. The summed E-state index contributed by atoms with van der Waals surface area (Å²) in [6.45, 7) is 1.97. The lowest BCUT2D eigenvalue weighted by Gasteiger charge is -2.18. The van der Waals surface area contributed by atoms with E-state index in [0.29, 0.717) is 5.69 Å². The summed E-state index contributed by atoms with van der Waals surface area (Å²) < 4.78 is 0. The summed E-state index contributed by atoms with van der Waals surface area (Å²) in [4.78, 5) is 27.4. The number of hydrogen-bond donors (Lipinski definition) is 0. The maximum atomic E-state index is 12.5. The Morgan fingerprint density at radius 1 is 0.900 bits per heavy atom. The van der Waals surface area contributed by atoms with Crippen molar-refractivity contribution in [1.82, 2.24) is 0 Å². The molecule has 0 unspecified atom stereocenters. The second-order valence-corrected chi connectivity index (χ2v) is 4.72. The number of nitrogens with zero attached hydrogens (tertiary/aromatic N) is 2. The number of urea groups is 1. The molecule has 1 heterocycles. The highest BCUT2D eigenvalue weighted by molar-refractivity contribution is 6.27. The van der Waals surface area contributed by atoms with E-state index in [1.165, 1.54) is 9.80 Å². The second kappa shape index (κ2) is 4.81. The van der Waals surface area contributed by atoms with Crippen molar-refractivity contribution in [2.45, 2.75) is 6.92 Å². The molecular formula is C16H14N2O2. The first kappa shape index (κ1) is 12.4. The van der Waals surface area contributed by atoms with Gasteiger partial charge in [0.25, 0.3) is 5.91 Å². The Morgan fingerprint density at radius 2 is 1.55 bits per heavy atom. The van der Waals surface area contributed by atoms with Gasteiger partial charge in [-0.3, -0.25) is 9.69 Å². The van der Waals surface area contributed by atoms with Crippen molar-refractivity contribution in [2.75, 3.05) is 16.3 Å². The zero-order valence-corrected chi connectivity index (χ0v) is 11.1. The predicted molar refractivity (Wildman–Crippen MR) is 77.8 cm³/mol. The summed E-state index contributed by atoms with van der Waals surface area (Å²) in [6, 6.07) is 16.3. The lowest BCUT2D eigenvalue weighted by atomic mass is 10.2. The van der Waals surface area contributed by atoms with Crippen molar-refractivity contribution in [2.24, 2.45) is 0 Å². The Labute approximate surface area is 117 Å². The fourth-order valence-corrected chi connectivity index (χ4v) is 2.36. The van der Waals surface area contributed by atoms with E-state index in [1.54, 1.807) is 6.07 Å². The number of hydrogen-bond acceptors (Lipinski definition) is 2. The fourth-order valence-electron chi connectivity index (χ4n) is 2.36. The normalized spacial score (nSPS) is 15.1. The number of carbonyl (C=O) groups excluding carboxylic acids is 2. The van der Waals surface area contributed by atoms with Gasteiger partial charge in [0, 0.05) is 5.69 Å². The van der Waals surface area contributed by atoms with Crippen molar-refractivity contribution in [1.29, 1.82) is 0 Å². The number of amides is 3. The molecule has 0 radical (unpaired) electrons. The molecule has 0 spiro atoms.